The maximum Gasteiger partial charge on any atom is 0.152 e. The summed E-state index contributed by atoms with van der Waals surface area (Å²) < 4.78 is 4.15. The van der Waals surface area contributed by atoms with E-state index in [2.05, 4.69) is 45.3 Å². The van der Waals surface area contributed by atoms with E-state index in [1.165, 1.54) is 5.69 Å². The average Bonchev–Trinajstić information content (AvgIpc) is 2.91. The van der Waals surface area contributed by atoms with Gasteiger partial charge in [0.05, 0.1) is 6.54 Å². The Kier molecular flexibility index (Phi) is 3.93. The molecule has 0 aromatic carbocycles. The van der Waals surface area contributed by atoms with E-state index >= 15 is 0 Å². The summed E-state index contributed by atoms with van der Waals surface area (Å²) in [5, 5.41) is 11.4. The highest BCUT2D eigenvalue weighted by atomic mass is 15.3. The molecule has 2 aromatic rings. The third kappa shape index (κ3) is 2.94. The van der Waals surface area contributed by atoms with Crippen LogP contribution in [0.15, 0.2) is 24.7 Å². The van der Waals surface area contributed by atoms with Crippen molar-refractivity contribution in [3.05, 3.63) is 36.2 Å². The summed E-state index contributed by atoms with van der Waals surface area (Å²) in [6.45, 7) is 4.89. The predicted molar refractivity (Wildman–Crippen MR) is 66.5 cm³/mol. The van der Waals surface area contributed by atoms with Crippen molar-refractivity contribution in [2.24, 2.45) is 7.05 Å². The minimum absolute atomic E-state index is 0.770. The van der Waals surface area contributed by atoms with Crippen molar-refractivity contribution in [1.82, 2.24) is 24.6 Å². The van der Waals surface area contributed by atoms with Crippen LogP contribution in [0, 0.1) is 0 Å². The Hall–Kier alpha value is -1.62. The van der Waals surface area contributed by atoms with Gasteiger partial charge in [-0.15, -0.1) is 10.2 Å². The second kappa shape index (κ2) is 5.63. The standard InChI is InChI=1S/C12H19N5/c1-3-6-13-8-11-5-4-7-17(11)9-12-15-14-10-16(12)2/h4-5,7,10,13H,3,6,8-9H2,1-2H3. The van der Waals surface area contributed by atoms with Crippen LogP contribution in [-0.4, -0.2) is 25.9 Å². The number of aryl methyl sites for hydroxylation is 1. The zero-order chi connectivity index (χ0) is 12.1. The summed E-state index contributed by atoms with van der Waals surface area (Å²) in [6.07, 6.45) is 4.97. The zero-order valence-electron chi connectivity index (χ0n) is 10.4. The minimum atomic E-state index is 0.770. The number of nitrogens with zero attached hydrogens (tertiary/aromatic N) is 4. The fourth-order valence-corrected chi connectivity index (χ4v) is 1.76. The van der Waals surface area contributed by atoms with Crippen LogP contribution >= 0.6 is 0 Å². The van der Waals surface area contributed by atoms with Crippen LogP contribution in [0.4, 0.5) is 0 Å². The SMILES string of the molecule is CCCNCc1cccn1Cc1nncn1C. The Morgan fingerprint density at radius 2 is 2.29 bits per heavy atom. The molecule has 17 heavy (non-hydrogen) atoms. The maximum atomic E-state index is 4.10. The van der Waals surface area contributed by atoms with Gasteiger partial charge in [-0.3, -0.25) is 0 Å². The van der Waals surface area contributed by atoms with Crippen molar-refractivity contribution in [2.45, 2.75) is 26.4 Å². The van der Waals surface area contributed by atoms with Gasteiger partial charge in [-0.05, 0) is 25.1 Å². The monoisotopic (exact) mass is 233 g/mol. The van der Waals surface area contributed by atoms with Crippen molar-refractivity contribution in [2.75, 3.05) is 6.54 Å². The van der Waals surface area contributed by atoms with Gasteiger partial charge >= 0.3 is 0 Å². The number of rotatable bonds is 6. The molecule has 0 spiro atoms. The van der Waals surface area contributed by atoms with Gasteiger partial charge in [0.15, 0.2) is 5.82 Å². The van der Waals surface area contributed by atoms with Gasteiger partial charge in [0.25, 0.3) is 0 Å². The van der Waals surface area contributed by atoms with Gasteiger partial charge in [-0.25, -0.2) is 0 Å². The van der Waals surface area contributed by atoms with E-state index in [1.807, 2.05) is 11.6 Å². The molecule has 0 aliphatic carbocycles. The molecule has 0 unspecified atom stereocenters. The Labute approximate surface area is 101 Å². The summed E-state index contributed by atoms with van der Waals surface area (Å²) in [7, 11) is 1.97. The van der Waals surface area contributed by atoms with E-state index in [4.69, 9.17) is 0 Å². The normalized spacial score (nSPS) is 10.9. The summed E-state index contributed by atoms with van der Waals surface area (Å²) in [5.74, 6) is 0.970. The van der Waals surface area contributed by atoms with Gasteiger partial charge in [0, 0.05) is 25.5 Å². The molecule has 1 N–H and O–H groups in total. The lowest BCUT2D eigenvalue weighted by Crippen LogP contribution is -2.17. The molecule has 5 nitrogen and oxygen atoms in total. The van der Waals surface area contributed by atoms with E-state index in [0.717, 1.165) is 31.9 Å². The lowest BCUT2D eigenvalue weighted by molar-refractivity contribution is 0.613. The van der Waals surface area contributed by atoms with Crippen LogP contribution in [0.1, 0.15) is 24.9 Å². The molecule has 0 saturated heterocycles. The molecule has 92 valence electrons. The van der Waals surface area contributed by atoms with Crippen molar-refractivity contribution < 1.29 is 0 Å². The molecule has 0 atom stereocenters. The largest absolute Gasteiger partial charge is 0.343 e. The molecule has 0 fully saturated rings. The fraction of sp³-hybridized carbons (Fsp3) is 0.500. The van der Waals surface area contributed by atoms with Crippen LogP contribution in [0.5, 0.6) is 0 Å². The van der Waals surface area contributed by atoms with E-state index in [0.29, 0.717) is 0 Å². The minimum Gasteiger partial charge on any atom is -0.343 e. The lowest BCUT2D eigenvalue weighted by Gasteiger charge is -2.09. The van der Waals surface area contributed by atoms with Crippen LogP contribution in [0.2, 0.25) is 0 Å². The molecule has 2 rings (SSSR count). The molecule has 0 bridgehead atoms. The number of aromatic nitrogens is 4. The van der Waals surface area contributed by atoms with E-state index in [1.54, 1.807) is 6.33 Å². The van der Waals surface area contributed by atoms with Crippen LogP contribution < -0.4 is 5.32 Å². The highest BCUT2D eigenvalue weighted by Crippen LogP contribution is 2.05. The summed E-state index contributed by atoms with van der Waals surface area (Å²) in [4.78, 5) is 0. The Balaban J connectivity index is 2.01. The second-order valence-corrected chi connectivity index (χ2v) is 4.16. The highest BCUT2D eigenvalue weighted by molar-refractivity contribution is 5.08. The summed E-state index contributed by atoms with van der Waals surface area (Å²) in [6, 6.07) is 4.21. The van der Waals surface area contributed by atoms with Gasteiger partial charge in [-0.2, -0.15) is 0 Å². The van der Waals surface area contributed by atoms with Crippen molar-refractivity contribution in [3.8, 4) is 0 Å². The Morgan fingerprint density at radius 1 is 1.41 bits per heavy atom. The van der Waals surface area contributed by atoms with Gasteiger partial charge in [-0.1, -0.05) is 6.92 Å². The second-order valence-electron chi connectivity index (χ2n) is 4.16. The molecule has 0 aliphatic heterocycles. The van der Waals surface area contributed by atoms with E-state index in [9.17, 15) is 0 Å². The van der Waals surface area contributed by atoms with Gasteiger partial charge in [0.1, 0.15) is 6.33 Å². The number of hydrogen-bond acceptors (Lipinski definition) is 3. The van der Waals surface area contributed by atoms with E-state index in [-0.39, 0.29) is 0 Å². The maximum absolute atomic E-state index is 4.10. The lowest BCUT2D eigenvalue weighted by atomic mass is 10.4. The molecule has 2 aromatic heterocycles. The first kappa shape index (κ1) is 11.9. The smallest absolute Gasteiger partial charge is 0.152 e. The predicted octanol–water partition coefficient (Wildman–Crippen LogP) is 1.16. The van der Waals surface area contributed by atoms with Crippen molar-refractivity contribution >= 4 is 0 Å². The van der Waals surface area contributed by atoms with Crippen molar-refractivity contribution in [1.29, 1.82) is 0 Å². The third-order valence-corrected chi connectivity index (χ3v) is 2.77. The molecule has 0 aliphatic rings. The first-order valence-electron chi connectivity index (χ1n) is 5.99. The Morgan fingerprint density at radius 3 is 3.00 bits per heavy atom. The third-order valence-electron chi connectivity index (χ3n) is 2.77. The molecular formula is C12H19N5. The highest BCUT2D eigenvalue weighted by Gasteiger charge is 2.05. The van der Waals surface area contributed by atoms with Gasteiger partial charge < -0.3 is 14.5 Å². The van der Waals surface area contributed by atoms with Crippen LogP contribution in [-0.2, 0) is 20.1 Å². The molecular weight excluding hydrogens is 214 g/mol. The molecule has 0 amide bonds. The van der Waals surface area contributed by atoms with E-state index < -0.39 is 0 Å². The number of nitrogens with one attached hydrogen (secondary N) is 1. The first-order chi connectivity index (χ1) is 8.31. The quantitative estimate of drug-likeness (QED) is 0.762. The molecule has 0 radical (unpaired) electrons. The summed E-state index contributed by atoms with van der Waals surface area (Å²) in [5.41, 5.74) is 1.28. The topological polar surface area (TPSA) is 47.7 Å². The molecule has 2 heterocycles. The zero-order valence-corrected chi connectivity index (χ0v) is 10.4. The average molecular weight is 233 g/mol. The van der Waals surface area contributed by atoms with Crippen LogP contribution in [0.3, 0.4) is 0 Å². The number of hydrogen-bond donors (Lipinski definition) is 1. The van der Waals surface area contributed by atoms with Gasteiger partial charge in [0.2, 0.25) is 0 Å². The molecule has 0 saturated carbocycles. The fourth-order valence-electron chi connectivity index (χ4n) is 1.76. The summed E-state index contributed by atoms with van der Waals surface area (Å²) >= 11 is 0. The Bertz CT molecular complexity index is 457. The first-order valence-corrected chi connectivity index (χ1v) is 5.99. The van der Waals surface area contributed by atoms with Crippen LogP contribution in [0.25, 0.3) is 0 Å². The van der Waals surface area contributed by atoms with Crippen molar-refractivity contribution in [3.63, 3.8) is 0 Å². The molecule has 5 heteroatoms.